The molecular weight excluding hydrogens is 340 g/mol. The van der Waals surface area contributed by atoms with Crippen molar-refractivity contribution >= 4 is 17.6 Å². The van der Waals surface area contributed by atoms with Crippen molar-refractivity contribution in [3.05, 3.63) is 47.8 Å². The lowest BCUT2D eigenvalue weighted by Crippen LogP contribution is -2.37. The maximum atomic E-state index is 11.8. The zero-order chi connectivity index (χ0) is 19.1. The lowest BCUT2D eigenvalue weighted by Gasteiger charge is -2.16. The van der Waals surface area contributed by atoms with Crippen LogP contribution in [0.2, 0.25) is 0 Å². The van der Waals surface area contributed by atoms with Crippen LogP contribution in [0.15, 0.2) is 41.7 Å². The predicted molar refractivity (Wildman–Crippen MR) is 108 cm³/mol. The Morgan fingerprint density at radius 3 is 2.67 bits per heavy atom. The number of aliphatic imine (C=N–C) groups is 1. The van der Waals surface area contributed by atoms with E-state index in [1.807, 2.05) is 41.2 Å². The van der Waals surface area contributed by atoms with E-state index in [4.69, 9.17) is 0 Å². The number of anilines is 1. The number of amides is 1. The molecular formula is C20H28N6O. The lowest BCUT2D eigenvalue weighted by atomic mass is 10.2. The smallest absolute Gasteiger partial charge is 0.227 e. The number of aryl methyl sites for hydroxylation is 2. The average Bonchev–Trinajstić information content (AvgIpc) is 3.29. The predicted octanol–water partition coefficient (Wildman–Crippen LogP) is 1.84. The standard InChI is InChI=1S/C20H28N6O/c1-21-20(22-11-3-5-17-14-24-25(2)15-17)23-13-16-7-9-18(10-8-16)26-12-4-6-19(26)27/h7-10,14-15H,3-6,11-13H2,1-2H3,(H2,21,22,23). The number of carbonyl (C=O) groups excluding carboxylic acids is 1. The van der Waals surface area contributed by atoms with Crippen molar-refractivity contribution in [2.75, 3.05) is 25.0 Å². The fourth-order valence-electron chi connectivity index (χ4n) is 3.22. The molecule has 1 fully saturated rings. The number of benzene rings is 1. The molecule has 2 N–H and O–H groups in total. The van der Waals surface area contributed by atoms with Crippen LogP contribution in [0.1, 0.15) is 30.4 Å². The first-order chi connectivity index (χ1) is 13.2. The number of nitrogens with one attached hydrogen (secondary N) is 2. The molecule has 3 rings (SSSR count). The van der Waals surface area contributed by atoms with Crippen LogP contribution in [0.4, 0.5) is 5.69 Å². The van der Waals surface area contributed by atoms with E-state index in [1.165, 1.54) is 5.56 Å². The van der Waals surface area contributed by atoms with Crippen molar-refractivity contribution in [1.82, 2.24) is 20.4 Å². The van der Waals surface area contributed by atoms with Gasteiger partial charge in [0.25, 0.3) is 0 Å². The third kappa shape index (κ3) is 5.32. The number of carbonyl (C=O) groups is 1. The summed E-state index contributed by atoms with van der Waals surface area (Å²) >= 11 is 0. The largest absolute Gasteiger partial charge is 0.356 e. The van der Waals surface area contributed by atoms with Gasteiger partial charge >= 0.3 is 0 Å². The van der Waals surface area contributed by atoms with Gasteiger partial charge in [-0.3, -0.25) is 14.5 Å². The Bertz CT molecular complexity index is 780. The molecule has 0 unspecified atom stereocenters. The van der Waals surface area contributed by atoms with E-state index >= 15 is 0 Å². The van der Waals surface area contributed by atoms with Gasteiger partial charge < -0.3 is 15.5 Å². The topological polar surface area (TPSA) is 74.6 Å². The average molecular weight is 368 g/mol. The van der Waals surface area contributed by atoms with Crippen LogP contribution < -0.4 is 15.5 Å². The molecule has 1 aliphatic heterocycles. The highest BCUT2D eigenvalue weighted by Crippen LogP contribution is 2.21. The second kappa shape index (κ2) is 9.21. The first kappa shape index (κ1) is 18.9. The maximum Gasteiger partial charge on any atom is 0.227 e. The fraction of sp³-hybridized carbons (Fsp3) is 0.450. The normalized spacial score (nSPS) is 14.7. The summed E-state index contributed by atoms with van der Waals surface area (Å²) in [7, 11) is 3.71. The van der Waals surface area contributed by atoms with E-state index in [-0.39, 0.29) is 5.91 Å². The first-order valence-corrected chi connectivity index (χ1v) is 9.47. The van der Waals surface area contributed by atoms with Gasteiger partial charge in [0.2, 0.25) is 5.91 Å². The first-order valence-electron chi connectivity index (χ1n) is 9.47. The molecule has 1 aromatic heterocycles. The van der Waals surface area contributed by atoms with Crippen LogP contribution in [-0.4, -0.2) is 41.8 Å². The zero-order valence-electron chi connectivity index (χ0n) is 16.1. The van der Waals surface area contributed by atoms with Gasteiger partial charge in [0, 0.05) is 52.0 Å². The molecule has 0 bridgehead atoms. The van der Waals surface area contributed by atoms with E-state index in [1.54, 1.807) is 7.05 Å². The summed E-state index contributed by atoms with van der Waals surface area (Å²) in [6.07, 6.45) is 7.58. The van der Waals surface area contributed by atoms with Crippen molar-refractivity contribution in [2.45, 2.75) is 32.2 Å². The van der Waals surface area contributed by atoms with Gasteiger partial charge in [-0.05, 0) is 42.5 Å². The highest BCUT2D eigenvalue weighted by atomic mass is 16.2. The maximum absolute atomic E-state index is 11.8. The molecule has 7 nitrogen and oxygen atoms in total. The van der Waals surface area contributed by atoms with Crippen molar-refractivity contribution in [2.24, 2.45) is 12.0 Å². The molecule has 7 heteroatoms. The molecule has 1 aliphatic rings. The van der Waals surface area contributed by atoms with Crippen molar-refractivity contribution in [1.29, 1.82) is 0 Å². The monoisotopic (exact) mass is 368 g/mol. The molecule has 0 atom stereocenters. The summed E-state index contributed by atoms with van der Waals surface area (Å²) in [4.78, 5) is 17.9. The van der Waals surface area contributed by atoms with Crippen LogP contribution in [0.3, 0.4) is 0 Å². The number of nitrogens with zero attached hydrogens (tertiary/aromatic N) is 4. The summed E-state index contributed by atoms with van der Waals surface area (Å²) in [5, 5.41) is 10.8. The van der Waals surface area contributed by atoms with Gasteiger partial charge in [0.1, 0.15) is 0 Å². The molecule has 27 heavy (non-hydrogen) atoms. The van der Waals surface area contributed by atoms with Crippen molar-refractivity contribution < 1.29 is 4.79 Å². The molecule has 144 valence electrons. The molecule has 0 aliphatic carbocycles. The lowest BCUT2D eigenvalue weighted by molar-refractivity contribution is -0.117. The summed E-state index contributed by atoms with van der Waals surface area (Å²) in [5.74, 6) is 1.01. The number of guanidine groups is 1. The van der Waals surface area contributed by atoms with E-state index in [9.17, 15) is 4.79 Å². The molecule has 2 heterocycles. The van der Waals surface area contributed by atoms with Gasteiger partial charge in [-0.2, -0.15) is 5.10 Å². The van der Waals surface area contributed by atoms with Gasteiger partial charge in [-0.1, -0.05) is 12.1 Å². The minimum atomic E-state index is 0.219. The summed E-state index contributed by atoms with van der Waals surface area (Å²) in [6, 6.07) is 8.15. The molecule has 0 radical (unpaired) electrons. The van der Waals surface area contributed by atoms with Gasteiger partial charge in [-0.15, -0.1) is 0 Å². The Kier molecular flexibility index (Phi) is 6.46. The molecule has 1 aromatic carbocycles. The van der Waals surface area contributed by atoms with Gasteiger partial charge in [-0.25, -0.2) is 0 Å². The number of hydrogen-bond donors (Lipinski definition) is 2. The Morgan fingerprint density at radius 2 is 2.04 bits per heavy atom. The van der Waals surface area contributed by atoms with E-state index in [0.717, 1.165) is 49.6 Å². The molecule has 1 saturated heterocycles. The van der Waals surface area contributed by atoms with Crippen molar-refractivity contribution in [3.8, 4) is 0 Å². The Morgan fingerprint density at radius 1 is 1.22 bits per heavy atom. The van der Waals surface area contributed by atoms with Gasteiger partial charge in [0.15, 0.2) is 5.96 Å². The summed E-state index contributed by atoms with van der Waals surface area (Å²) in [5.41, 5.74) is 3.39. The van der Waals surface area contributed by atoms with Crippen LogP contribution >= 0.6 is 0 Å². The van der Waals surface area contributed by atoms with Crippen LogP contribution in [0.5, 0.6) is 0 Å². The van der Waals surface area contributed by atoms with E-state index in [2.05, 4.69) is 32.9 Å². The molecule has 0 spiro atoms. The van der Waals surface area contributed by atoms with Crippen molar-refractivity contribution in [3.63, 3.8) is 0 Å². The molecule has 0 saturated carbocycles. The van der Waals surface area contributed by atoms with Crippen LogP contribution in [0, 0.1) is 0 Å². The number of hydrogen-bond acceptors (Lipinski definition) is 3. The third-order valence-corrected chi connectivity index (χ3v) is 4.70. The van der Waals surface area contributed by atoms with Crippen LogP contribution in [-0.2, 0) is 24.8 Å². The Balaban J connectivity index is 1.40. The number of rotatable bonds is 7. The minimum Gasteiger partial charge on any atom is -0.356 e. The summed E-state index contributed by atoms with van der Waals surface area (Å²) < 4.78 is 1.83. The molecule has 1 amide bonds. The number of aromatic nitrogens is 2. The fourth-order valence-corrected chi connectivity index (χ4v) is 3.22. The highest BCUT2D eigenvalue weighted by molar-refractivity contribution is 5.95. The van der Waals surface area contributed by atoms with E-state index < -0.39 is 0 Å². The SMILES string of the molecule is CN=C(NCCCc1cnn(C)c1)NCc1ccc(N2CCCC2=O)cc1. The summed E-state index contributed by atoms with van der Waals surface area (Å²) in [6.45, 7) is 2.37. The second-order valence-electron chi connectivity index (χ2n) is 6.79. The zero-order valence-corrected chi connectivity index (χ0v) is 16.1. The van der Waals surface area contributed by atoms with E-state index in [0.29, 0.717) is 13.0 Å². The Hall–Kier alpha value is -2.83. The second-order valence-corrected chi connectivity index (χ2v) is 6.79. The van der Waals surface area contributed by atoms with Crippen LogP contribution in [0.25, 0.3) is 0 Å². The molecule has 2 aromatic rings. The quantitative estimate of drug-likeness (QED) is 0.444. The third-order valence-electron chi connectivity index (χ3n) is 4.70. The van der Waals surface area contributed by atoms with Gasteiger partial charge in [0.05, 0.1) is 6.20 Å². The minimum absolute atomic E-state index is 0.219. The Labute approximate surface area is 160 Å². The highest BCUT2D eigenvalue weighted by Gasteiger charge is 2.21.